The van der Waals surface area contributed by atoms with Gasteiger partial charge in [-0.15, -0.1) is 0 Å². The fourth-order valence-corrected chi connectivity index (χ4v) is 3.53. The quantitative estimate of drug-likeness (QED) is 0.426. The van der Waals surface area contributed by atoms with Crippen molar-refractivity contribution in [2.24, 2.45) is 0 Å². The van der Waals surface area contributed by atoms with E-state index in [1.54, 1.807) is 60.7 Å². The number of anilines is 1. The molecule has 0 spiro atoms. The molecule has 1 heterocycles. The highest BCUT2D eigenvalue weighted by Crippen LogP contribution is 2.24. The zero-order valence-electron chi connectivity index (χ0n) is 17.0. The first-order chi connectivity index (χ1) is 15.5. The summed E-state index contributed by atoms with van der Waals surface area (Å²) in [5, 5.41) is 0.505. The Balaban J connectivity index is 1.35. The van der Waals surface area contributed by atoms with Crippen LogP contribution in [0, 0.1) is 0 Å². The molecule has 3 aromatic rings. The number of hydrogen-bond donors (Lipinski definition) is 2. The average molecular weight is 450 g/mol. The van der Waals surface area contributed by atoms with Crippen LogP contribution in [0.5, 0.6) is 5.75 Å². The topological polar surface area (TPSA) is 87.7 Å². The van der Waals surface area contributed by atoms with Gasteiger partial charge in [-0.05, 0) is 42.0 Å². The van der Waals surface area contributed by atoms with E-state index in [1.807, 2.05) is 18.2 Å². The molecular weight excluding hydrogens is 430 g/mol. The minimum atomic E-state index is -0.835. The summed E-state index contributed by atoms with van der Waals surface area (Å²) in [6.07, 6.45) is -0.0419. The van der Waals surface area contributed by atoms with Gasteiger partial charge in [0, 0.05) is 5.56 Å². The normalized spacial score (nSPS) is 15.7. The minimum absolute atomic E-state index is 0.0419. The summed E-state index contributed by atoms with van der Waals surface area (Å²) in [6, 6.07) is 21.9. The van der Waals surface area contributed by atoms with E-state index in [-0.39, 0.29) is 18.9 Å². The van der Waals surface area contributed by atoms with E-state index in [0.29, 0.717) is 22.0 Å². The van der Waals surface area contributed by atoms with Gasteiger partial charge in [0.05, 0.1) is 17.1 Å². The lowest BCUT2D eigenvalue weighted by Gasteiger charge is -2.16. The van der Waals surface area contributed by atoms with Crippen LogP contribution in [0.2, 0.25) is 5.02 Å². The number of halogens is 1. The van der Waals surface area contributed by atoms with Gasteiger partial charge in [0.2, 0.25) is 5.91 Å². The Kier molecular flexibility index (Phi) is 6.49. The SMILES string of the molecule is O=C(NNC1CC(=O)N(c2ccccc2)C1=O)c1cccc(COc2ccccc2Cl)c1. The Bertz CT molecular complexity index is 1150. The van der Waals surface area contributed by atoms with E-state index in [1.165, 1.54) is 0 Å². The van der Waals surface area contributed by atoms with Crippen LogP contribution in [0.4, 0.5) is 5.69 Å². The summed E-state index contributed by atoms with van der Waals surface area (Å²) < 4.78 is 5.71. The number of hydrogen-bond acceptors (Lipinski definition) is 5. The van der Waals surface area contributed by atoms with Crippen molar-refractivity contribution in [3.63, 3.8) is 0 Å². The predicted octanol–water partition coefficient (Wildman–Crippen LogP) is 3.49. The third-order valence-electron chi connectivity index (χ3n) is 4.94. The van der Waals surface area contributed by atoms with Crippen molar-refractivity contribution in [3.05, 3.63) is 95.0 Å². The van der Waals surface area contributed by atoms with Crippen molar-refractivity contribution in [1.82, 2.24) is 10.9 Å². The van der Waals surface area contributed by atoms with Gasteiger partial charge in [0.25, 0.3) is 11.8 Å². The summed E-state index contributed by atoms with van der Waals surface area (Å²) in [7, 11) is 0. The van der Waals surface area contributed by atoms with Crippen LogP contribution in [0.1, 0.15) is 22.3 Å². The van der Waals surface area contributed by atoms with Gasteiger partial charge < -0.3 is 4.74 Å². The van der Waals surface area contributed by atoms with Gasteiger partial charge in [0.15, 0.2) is 0 Å². The Morgan fingerprint density at radius 1 is 1.00 bits per heavy atom. The third-order valence-corrected chi connectivity index (χ3v) is 5.25. The first kappa shape index (κ1) is 21.5. The number of nitrogens with zero attached hydrogens (tertiary/aromatic N) is 1. The molecule has 0 bridgehead atoms. The second-order valence-electron chi connectivity index (χ2n) is 7.18. The van der Waals surface area contributed by atoms with Crippen molar-refractivity contribution in [2.75, 3.05) is 4.90 Å². The molecule has 0 saturated carbocycles. The number of ether oxygens (including phenoxy) is 1. The van der Waals surface area contributed by atoms with Crippen LogP contribution in [0.25, 0.3) is 0 Å². The van der Waals surface area contributed by atoms with Gasteiger partial charge in [-0.1, -0.05) is 54.1 Å². The standard InChI is InChI=1S/C24H20ClN3O4/c25-19-11-4-5-12-21(19)32-15-16-7-6-8-17(13-16)23(30)27-26-20-14-22(29)28(24(20)31)18-9-2-1-3-10-18/h1-13,20,26H,14-15H2,(H,27,30). The van der Waals surface area contributed by atoms with Crippen LogP contribution >= 0.6 is 11.6 Å². The lowest BCUT2D eigenvalue weighted by Crippen LogP contribution is -2.48. The Hall–Kier alpha value is -3.68. The van der Waals surface area contributed by atoms with Crippen LogP contribution < -0.4 is 20.5 Å². The predicted molar refractivity (Wildman–Crippen MR) is 120 cm³/mol. The molecule has 8 heteroatoms. The lowest BCUT2D eigenvalue weighted by molar-refractivity contribution is -0.121. The zero-order chi connectivity index (χ0) is 22.5. The summed E-state index contributed by atoms with van der Waals surface area (Å²) in [5.74, 6) is -0.615. The largest absolute Gasteiger partial charge is 0.487 e. The van der Waals surface area contributed by atoms with Crippen molar-refractivity contribution in [2.45, 2.75) is 19.1 Å². The summed E-state index contributed by atoms with van der Waals surface area (Å²) >= 11 is 6.09. The molecule has 0 aliphatic carbocycles. The van der Waals surface area contributed by atoms with Gasteiger partial charge >= 0.3 is 0 Å². The Labute approximate surface area is 189 Å². The number of nitrogens with one attached hydrogen (secondary N) is 2. The number of hydrazine groups is 1. The maximum absolute atomic E-state index is 12.6. The molecule has 7 nitrogen and oxygen atoms in total. The second kappa shape index (κ2) is 9.64. The second-order valence-corrected chi connectivity index (χ2v) is 7.58. The lowest BCUT2D eigenvalue weighted by atomic mass is 10.1. The van der Waals surface area contributed by atoms with Crippen LogP contribution in [0.3, 0.4) is 0 Å². The molecule has 4 rings (SSSR count). The highest BCUT2D eigenvalue weighted by Gasteiger charge is 2.39. The fraction of sp³-hybridized carbons (Fsp3) is 0.125. The van der Waals surface area contributed by atoms with E-state index in [4.69, 9.17) is 16.3 Å². The molecule has 1 fully saturated rings. The zero-order valence-corrected chi connectivity index (χ0v) is 17.7. The molecule has 0 aromatic heterocycles. The maximum Gasteiger partial charge on any atom is 0.265 e. The van der Waals surface area contributed by atoms with Crippen molar-refractivity contribution in [3.8, 4) is 5.75 Å². The monoisotopic (exact) mass is 449 g/mol. The number of carbonyl (C=O) groups is 3. The van der Waals surface area contributed by atoms with E-state index < -0.39 is 17.9 Å². The number of imide groups is 1. The number of carbonyl (C=O) groups excluding carboxylic acids is 3. The molecule has 2 N–H and O–H groups in total. The number of benzene rings is 3. The van der Waals surface area contributed by atoms with Gasteiger partial charge in [0.1, 0.15) is 18.4 Å². The summed E-state index contributed by atoms with van der Waals surface area (Å²) in [6.45, 7) is 0.236. The minimum Gasteiger partial charge on any atom is -0.487 e. The fourth-order valence-electron chi connectivity index (χ4n) is 3.34. The number of amides is 3. The number of para-hydroxylation sites is 2. The Morgan fingerprint density at radius 2 is 1.75 bits per heavy atom. The third kappa shape index (κ3) is 4.80. The van der Waals surface area contributed by atoms with Crippen molar-refractivity contribution < 1.29 is 19.1 Å². The molecule has 1 aliphatic rings. The highest BCUT2D eigenvalue weighted by molar-refractivity contribution is 6.32. The highest BCUT2D eigenvalue weighted by atomic mass is 35.5. The van der Waals surface area contributed by atoms with Gasteiger partial charge in [-0.3, -0.25) is 19.8 Å². The van der Waals surface area contributed by atoms with Crippen molar-refractivity contribution >= 4 is 35.0 Å². The molecule has 1 saturated heterocycles. The Morgan fingerprint density at radius 3 is 2.53 bits per heavy atom. The first-order valence-corrected chi connectivity index (χ1v) is 10.3. The molecule has 32 heavy (non-hydrogen) atoms. The first-order valence-electron chi connectivity index (χ1n) is 9.97. The average Bonchev–Trinajstić information content (AvgIpc) is 3.10. The smallest absolute Gasteiger partial charge is 0.265 e. The van der Waals surface area contributed by atoms with Crippen molar-refractivity contribution in [1.29, 1.82) is 0 Å². The van der Waals surface area contributed by atoms with E-state index in [2.05, 4.69) is 10.9 Å². The van der Waals surface area contributed by atoms with Gasteiger partial charge in [-0.2, -0.15) is 0 Å². The molecule has 0 radical (unpaired) electrons. The van der Waals surface area contributed by atoms with E-state index in [9.17, 15) is 14.4 Å². The molecule has 1 aliphatic heterocycles. The van der Waals surface area contributed by atoms with E-state index >= 15 is 0 Å². The van der Waals surface area contributed by atoms with Gasteiger partial charge in [-0.25, -0.2) is 10.3 Å². The van der Waals surface area contributed by atoms with E-state index in [0.717, 1.165) is 10.5 Å². The van der Waals surface area contributed by atoms with Crippen LogP contribution in [-0.2, 0) is 16.2 Å². The maximum atomic E-state index is 12.6. The van der Waals surface area contributed by atoms with Crippen LogP contribution in [0.15, 0.2) is 78.9 Å². The molecular formula is C24H20ClN3O4. The van der Waals surface area contributed by atoms with Crippen LogP contribution in [-0.4, -0.2) is 23.8 Å². The molecule has 1 atom stereocenters. The molecule has 162 valence electrons. The summed E-state index contributed by atoms with van der Waals surface area (Å²) in [5.41, 5.74) is 6.87. The molecule has 3 amide bonds. The molecule has 1 unspecified atom stereocenters. The molecule has 3 aromatic carbocycles. The number of rotatable bonds is 7. The summed E-state index contributed by atoms with van der Waals surface area (Å²) in [4.78, 5) is 38.6.